The lowest BCUT2D eigenvalue weighted by molar-refractivity contribution is -0.385. The Hall–Kier alpha value is -7.16. The van der Waals surface area contributed by atoms with Gasteiger partial charge in [0.05, 0.1) is 17.1 Å². The highest BCUT2D eigenvalue weighted by Crippen LogP contribution is 2.33. The van der Waals surface area contributed by atoms with Crippen LogP contribution in [0, 0.1) is 22.0 Å². The van der Waals surface area contributed by atoms with Gasteiger partial charge in [0.1, 0.15) is 48.5 Å². The first kappa shape index (κ1) is 58.7. The number of nitrogens with one attached hydrogen (secondary N) is 4. The summed E-state index contributed by atoms with van der Waals surface area (Å²) in [4.78, 5) is 118. The van der Waals surface area contributed by atoms with Gasteiger partial charge in [0.2, 0.25) is 41.4 Å². The molecule has 75 heavy (non-hydrogen) atoms. The van der Waals surface area contributed by atoms with E-state index in [0.29, 0.717) is 22.0 Å². The zero-order chi connectivity index (χ0) is 55.8. The van der Waals surface area contributed by atoms with E-state index in [-0.39, 0.29) is 55.9 Å². The van der Waals surface area contributed by atoms with E-state index in [1.165, 1.54) is 36.9 Å². The zero-order valence-electron chi connectivity index (χ0n) is 44.8. The molecule has 8 atom stereocenters. The molecule has 2 aliphatic rings. The Morgan fingerprint density at radius 3 is 2.04 bits per heavy atom. The van der Waals surface area contributed by atoms with Crippen molar-refractivity contribution in [2.75, 3.05) is 20.7 Å². The molecule has 1 aromatic heterocycles. The Morgan fingerprint density at radius 1 is 0.813 bits per heavy atom. The van der Waals surface area contributed by atoms with Crippen molar-refractivity contribution < 1.29 is 53.1 Å². The summed E-state index contributed by atoms with van der Waals surface area (Å²) in [5, 5.41) is 43.7. The van der Waals surface area contributed by atoms with E-state index in [2.05, 4.69) is 21.3 Å². The van der Waals surface area contributed by atoms with Gasteiger partial charge < -0.3 is 50.7 Å². The monoisotopic (exact) mass is 1040 g/mol. The summed E-state index contributed by atoms with van der Waals surface area (Å²) >= 11 is 0. The predicted molar refractivity (Wildman–Crippen MR) is 279 cm³/mol. The van der Waals surface area contributed by atoms with Gasteiger partial charge in [-0.1, -0.05) is 69.7 Å². The summed E-state index contributed by atoms with van der Waals surface area (Å²) in [6.45, 7) is 14.7. The number of nitro groups is 1. The van der Waals surface area contributed by atoms with Gasteiger partial charge in [-0.3, -0.25) is 43.7 Å². The van der Waals surface area contributed by atoms with Crippen molar-refractivity contribution in [3.8, 4) is 5.75 Å². The summed E-state index contributed by atoms with van der Waals surface area (Å²) in [6, 6.07) is 1.22. The maximum absolute atomic E-state index is 15.5. The number of aliphatic hydroxyl groups is 1. The number of fused-ring (bicyclic) bond motifs is 3. The van der Waals surface area contributed by atoms with Crippen LogP contribution in [0.2, 0.25) is 0 Å². The van der Waals surface area contributed by atoms with Crippen LogP contribution in [0.5, 0.6) is 5.75 Å². The molecule has 6 N–H and O–H groups in total. The number of allylic oxidation sites excluding steroid dienone is 1. The van der Waals surface area contributed by atoms with Gasteiger partial charge in [0, 0.05) is 56.3 Å². The lowest BCUT2D eigenvalue weighted by Gasteiger charge is -2.39. The van der Waals surface area contributed by atoms with Crippen LogP contribution >= 0.6 is 0 Å². The number of halogens is 1. The summed E-state index contributed by atoms with van der Waals surface area (Å²) in [6.07, 6.45) is 4.44. The number of alkyl halides is 1. The number of phenolic OH excluding ortho intramolecular Hbond substituents is 1. The van der Waals surface area contributed by atoms with E-state index < -0.39 is 118 Å². The number of aromatic hydroxyl groups is 1. The average molecular weight is 1040 g/mol. The van der Waals surface area contributed by atoms with E-state index >= 15 is 9.18 Å². The quantitative estimate of drug-likeness (QED) is 0.0754. The van der Waals surface area contributed by atoms with Gasteiger partial charge in [-0.25, -0.2) is 4.39 Å². The van der Waals surface area contributed by atoms with Crippen molar-refractivity contribution in [2.45, 2.75) is 155 Å². The first-order chi connectivity index (χ1) is 35.2. The van der Waals surface area contributed by atoms with Crippen molar-refractivity contribution in [2.24, 2.45) is 11.8 Å². The highest BCUT2D eigenvalue weighted by atomic mass is 19.1. The Labute approximate surface area is 437 Å². The van der Waals surface area contributed by atoms with Gasteiger partial charge in [0.25, 0.3) is 0 Å². The minimum absolute atomic E-state index is 0.0244. The van der Waals surface area contributed by atoms with E-state index in [9.17, 15) is 49.1 Å². The highest BCUT2D eigenvalue weighted by molar-refractivity contribution is 5.99. The van der Waals surface area contributed by atoms with Crippen molar-refractivity contribution in [3.05, 3.63) is 93.8 Å². The van der Waals surface area contributed by atoms with Crippen molar-refractivity contribution in [1.29, 1.82) is 0 Å². The lowest BCUT2D eigenvalue weighted by Crippen LogP contribution is -2.60. The number of carbonyl (C=O) groups excluding carboxylic acids is 7. The van der Waals surface area contributed by atoms with Gasteiger partial charge in [0.15, 0.2) is 5.75 Å². The van der Waals surface area contributed by atoms with Crippen LogP contribution < -0.4 is 21.3 Å². The number of hydrogen-bond acceptors (Lipinski definition) is 11. The number of rotatable bonds is 14. The SMILES string of the molecule is C/C=C/C[C@@H]1NC(=O)[C@H](CC(C)C)N2C=C(C)C[C@@H](C2=O)N(C)C(=O)[C@@H](C)NC(=O)[C@@H](Cc2ccc(O)c([N+](=O)[O-])c2)NC(=O)[C@H](CC(C)C)N(C)C(=O)[C@H](Cc2cn(C(C)(C)C(F)CO)c3ccccc23)NC1=O. The molecule has 3 aromatic rings. The molecule has 0 radical (unpaired) electrons. The molecule has 20 nitrogen and oxygen atoms in total. The molecular formula is C54H74FN9O11. The average Bonchev–Trinajstić information content (AvgIpc) is 3.73. The van der Waals surface area contributed by atoms with Gasteiger partial charge in [-0.15, -0.1) is 0 Å². The lowest BCUT2D eigenvalue weighted by atomic mass is 9.95. The Morgan fingerprint density at radius 2 is 1.41 bits per heavy atom. The fourth-order valence-corrected chi connectivity index (χ4v) is 9.66. The van der Waals surface area contributed by atoms with Crippen molar-refractivity contribution in [3.63, 3.8) is 0 Å². The smallest absolute Gasteiger partial charge is 0.310 e. The molecule has 2 aromatic carbocycles. The number of para-hydroxylation sites is 1. The number of phenols is 1. The molecule has 21 heteroatoms. The Kier molecular flexibility index (Phi) is 19.5. The molecule has 1 fully saturated rings. The van der Waals surface area contributed by atoms with Crippen molar-refractivity contribution >= 4 is 57.9 Å². The fraction of sp³-hybridized carbons (Fsp3) is 0.537. The minimum atomic E-state index is -1.71. The predicted octanol–water partition coefficient (Wildman–Crippen LogP) is 4.30. The summed E-state index contributed by atoms with van der Waals surface area (Å²) < 4.78 is 17.2. The van der Waals surface area contributed by atoms with Gasteiger partial charge in [-0.2, -0.15) is 0 Å². The van der Waals surface area contributed by atoms with Crippen LogP contribution in [-0.2, 0) is 51.9 Å². The maximum Gasteiger partial charge on any atom is 0.310 e. The zero-order valence-corrected chi connectivity index (χ0v) is 44.8. The fourth-order valence-electron chi connectivity index (χ4n) is 9.66. The second kappa shape index (κ2) is 24.9. The van der Waals surface area contributed by atoms with Crippen LogP contribution in [-0.4, -0.2) is 145 Å². The molecule has 2 aliphatic heterocycles. The molecule has 408 valence electrons. The Balaban J connectivity index is 1.72. The second-order valence-electron chi connectivity index (χ2n) is 21.2. The van der Waals surface area contributed by atoms with Crippen LogP contribution in [0.3, 0.4) is 0 Å². The molecule has 1 unspecified atom stereocenters. The number of hydrogen-bond donors (Lipinski definition) is 6. The standard InChI is InChI=1S/C54H74FN9O11/c1-12-13-17-37-47(67)59-39(26-35-28-63(54(8,9)46(55)29-65)40-18-15-14-16-36(35)40)52(72)60(10)42(21-30(2)3)49(69)58-38(24-34-19-20-45(66)41(25-34)64(74)75)48(68)56-33(7)51(71)61(11)44-23-32(6)27-62(53(44)73)43(22-31(4)5)50(70)57-37/h12-16,18-20,25,27-28,30-31,33,37-39,42-44,46,65-66H,17,21-24,26,29H2,1-11H3,(H,56,68)(H,57,70)(H,58,69)(H,59,67)/b13-12+/t33-,37+,38-,39+,42+,43+,44+,46?/m1/s1. The number of likely N-dealkylation sites (N-methyl/N-ethyl adjacent to an activating group) is 2. The van der Waals surface area contributed by atoms with E-state index in [0.717, 1.165) is 17.0 Å². The van der Waals surface area contributed by atoms with Gasteiger partial charge in [-0.05, 0) is 95.4 Å². The number of benzene rings is 2. The van der Waals surface area contributed by atoms with Crippen molar-refractivity contribution in [1.82, 2.24) is 40.5 Å². The maximum atomic E-state index is 15.5. The minimum Gasteiger partial charge on any atom is -0.502 e. The molecule has 2 bridgehead atoms. The molecule has 0 saturated carbocycles. The highest BCUT2D eigenvalue weighted by Gasteiger charge is 2.43. The summed E-state index contributed by atoms with van der Waals surface area (Å²) in [5.74, 6) is -6.29. The number of amides is 7. The molecule has 5 rings (SSSR count). The molecule has 0 aliphatic carbocycles. The first-order valence-electron chi connectivity index (χ1n) is 25.4. The third-order valence-corrected chi connectivity index (χ3v) is 14.0. The third kappa shape index (κ3) is 13.8. The van der Waals surface area contributed by atoms with E-state index in [4.69, 9.17) is 0 Å². The summed E-state index contributed by atoms with van der Waals surface area (Å²) in [7, 11) is 2.77. The topological polar surface area (TPSA) is 266 Å². The largest absolute Gasteiger partial charge is 0.502 e. The second-order valence-corrected chi connectivity index (χ2v) is 21.2. The number of carbonyl (C=O) groups is 7. The van der Waals surface area contributed by atoms with Crippen LogP contribution in [0.25, 0.3) is 10.9 Å². The molecular weight excluding hydrogens is 970 g/mol. The Bertz CT molecular complexity index is 2700. The molecule has 0 spiro atoms. The number of aromatic nitrogens is 1. The summed E-state index contributed by atoms with van der Waals surface area (Å²) in [5.41, 5.74) is -0.0991. The molecule has 3 heterocycles. The normalized spacial score (nSPS) is 23.8. The first-order valence-corrected chi connectivity index (χ1v) is 25.4. The van der Waals surface area contributed by atoms with Crippen LogP contribution in [0.1, 0.15) is 99.1 Å². The number of nitro benzene ring substituents is 1. The molecule has 1 saturated heterocycles. The van der Waals surface area contributed by atoms with Crippen LogP contribution in [0.15, 0.2) is 72.6 Å². The van der Waals surface area contributed by atoms with Crippen LogP contribution in [0.4, 0.5) is 10.1 Å². The number of aliphatic hydroxyl groups excluding tert-OH is 1. The number of nitrogens with zero attached hydrogens (tertiary/aromatic N) is 5. The van der Waals surface area contributed by atoms with E-state index in [1.54, 1.807) is 81.1 Å². The third-order valence-electron chi connectivity index (χ3n) is 14.0. The molecule has 7 amide bonds. The van der Waals surface area contributed by atoms with Gasteiger partial charge >= 0.3 is 5.69 Å². The van der Waals surface area contributed by atoms with E-state index in [1.807, 2.05) is 27.7 Å².